The molecular formula is C12H12Cl3NO5. The lowest BCUT2D eigenvalue weighted by Crippen LogP contribution is -2.19. The van der Waals surface area contributed by atoms with Gasteiger partial charge in [-0.05, 0) is 0 Å². The van der Waals surface area contributed by atoms with E-state index in [0.29, 0.717) is 22.8 Å². The van der Waals surface area contributed by atoms with Gasteiger partial charge in [0.25, 0.3) is 3.79 Å². The van der Waals surface area contributed by atoms with Gasteiger partial charge in [-0.3, -0.25) is 0 Å². The maximum atomic E-state index is 11.2. The van der Waals surface area contributed by atoms with E-state index in [9.17, 15) is 4.79 Å². The Hall–Kier alpha value is -1.37. The van der Waals surface area contributed by atoms with Gasteiger partial charge < -0.3 is 19.0 Å². The summed E-state index contributed by atoms with van der Waals surface area (Å²) in [7, 11) is 4.42. The van der Waals surface area contributed by atoms with Gasteiger partial charge in [0.2, 0.25) is 0 Å². The number of benzene rings is 1. The van der Waals surface area contributed by atoms with Crippen molar-refractivity contribution >= 4 is 47.0 Å². The average Bonchev–Trinajstić information content (AvgIpc) is 2.45. The van der Waals surface area contributed by atoms with Gasteiger partial charge in [0.1, 0.15) is 17.2 Å². The second-order valence-electron chi connectivity index (χ2n) is 3.56. The summed E-state index contributed by atoms with van der Waals surface area (Å²) < 4.78 is 13.3. The van der Waals surface area contributed by atoms with E-state index >= 15 is 0 Å². The number of ether oxygens (including phenoxy) is 3. The van der Waals surface area contributed by atoms with Crippen molar-refractivity contribution in [1.82, 2.24) is 0 Å². The van der Waals surface area contributed by atoms with E-state index in [1.165, 1.54) is 27.5 Å². The Balaban J connectivity index is 3.04. The van der Waals surface area contributed by atoms with Crippen LogP contribution >= 0.6 is 34.8 Å². The molecule has 0 saturated carbocycles. The number of oxime groups is 1. The van der Waals surface area contributed by atoms with Crippen LogP contribution < -0.4 is 14.2 Å². The third-order valence-electron chi connectivity index (χ3n) is 2.30. The van der Waals surface area contributed by atoms with Gasteiger partial charge in [0.15, 0.2) is 0 Å². The number of carbonyl (C=O) groups is 1. The van der Waals surface area contributed by atoms with Crippen LogP contribution in [0.5, 0.6) is 17.2 Å². The molecule has 0 atom stereocenters. The lowest BCUT2D eigenvalue weighted by molar-refractivity contribution is -0.142. The molecular weight excluding hydrogens is 344 g/mol. The van der Waals surface area contributed by atoms with E-state index in [4.69, 9.17) is 49.0 Å². The molecule has 21 heavy (non-hydrogen) atoms. The second-order valence-corrected chi connectivity index (χ2v) is 5.84. The molecule has 1 rings (SSSR count). The molecule has 0 aromatic heterocycles. The Morgan fingerprint density at radius 3 is 2.00 bits per heavy atom. The van der Waals surface area contributed by atoms with Gasteiger partial charge in [-0.1, -0.05) is 40.0 Å². The molecule has 1 aromatic rings. The quantitative estimate of drug-likeness (QED) is 0.351. The Morgan fingerprint density at radius 2 is 1.62 bits per heavy atom. The third kappa shape index (κ3) is 4.84. The first-order valence-electron chi connectivity index (χ1n) is 5.45. The van der Waals surface area contributed by atoms with E-state index in [1.54, 1.807) is 12.1 Å². The minimum atomic E-state index is -2.20. The minimum Gasteiger partial charge on any atom is -0.496 e. The number of rotatable bonds is 5. The lowest BCUT2D eigenvalue weighted by Gasteiger charge is -2.12. The Labute approximate surface area is 136 Å². The largest absolute Gasteiger partial charge is 0.496 e. The predicted molar refractivity (Wildman–Crippen MR) is 80.1 cm³/mol. The lowest BCUT2D eigenvalue weighted by atomic mass is 10.2. The fourth-order valence-corrected chi connectivity index (χ4v) is 1.44. The summed E-state index contributed by atoms with van der Waals surface area (Å²) in [5.41, 5.74) is 0.429. The molecule has 0 fully saturated rings. The maximum Gasteiger partial charge on any atom is 0.386 e. The monoisotopic (exact) mass is 355 g/mol. The van der Waals surface area contributed by atoms with Gasteiger partial charge >= 0.3 is 5.97 Å². The number of alkyl halides is 3. The van der Waals surface area contributed by atoms with E-state index < -0.39 is 9.76 Å². The zero-order chi connectivity index (χ0) is 16.0. The molecule has 116 valence electrons. The molecule has 6 nitrogen and oxygen atoms in total. The van der Waals surface area contributed by atoms with Crippen LogP contribution in [0.15, 0.2) is 17.3 Å². The summed E-state index contributed by atoms with van der Waals surface area (Å²) in [5.74, 6) is 0.203. The van der Waals surface area contributed by atoms with E-state index in [1.807, 2.05) is 0 Å². The highest BCUT2D eigenvalue weighted by Crippen LogP contribution is 2.33. The van der Waals surface area contributed by atoms with E-state index in [0.717, 1.165) is 0 Å². The highest BCUT2D eigenvalue weighted by atomic mass is 35.6. The van der Waals surface area contributed by atoms with Crippen molar-refractivity contribution in [3.8, 4) is 17.2 Å². The van der Waals surface area contributed by atoms with Crippen molar-refractivity contribution in [3.63, 3.8) is 0 Å². The molecule has 0 radical (unpaired) electrons. The van der Waals surface area contributed by atoms with Crippen LogP contribution in [0, 0.1) is 0 Å². The van der Waals surface area contributed by atoms with Gasteiger partial charge in [0, 0.05) is 12.1 Å². The summed E-state index contributed by atoms with van der Waals surface area (Å²) in [4.78, 5) is 15.7. The number of hydrogen-bond donors (Lipinski definition) is 0. The van der Waals surface area contributed by atoms with E-state index in [-0.39, 0.29) is 0 Å². The minimum absolute atomic E-state index is 0.403. The molecule has 0 aliphatic rings. The van der Waals surface area contributed by atoms with Gasteiger partial charge in [-0.15, -0.1) is 0 Å². The molecule has 0 amide bonds. The molecule has 1 aromatic carbocycles. The molecule has 0 heterocycles. The SMILES string of the molecule is COc1cc(OC)c(/C=N/OC(=O)C(Cl)(Cl)Cl)c(OC)c1. The number of carbonyl (C=O) groups excluding carboxylic acids is 1. The second kappa shape index (κ2) is 7.59. The normalized spacial score (nSPS) is 11.3. The van der Waals surface area contributed by atoms with Crippen molar-refractivity contribution in [3.05, 3.63) is 17.7 Å². The standard InChI is InChI=1S/C12H12Cl3NO5/c1-18-7-4-9(19-2)8(10(5-7)20-3)6-16-21-11(17)12(13,14)15/h4-6H,1-3H3/b16-6+. The summed E-state index contributed by atoms with van der Waals surface area (Å²) in [6.07, 6.45) is 1.20. The Morgan fingerprint density at radius 1 is 1.10 bits per heavy atom. The van der Waals surface area contributed by atoms with Crippen LogP contribution in [0.1, 0.15) is 5.56 Å². The van der Waals surface area contributed by atoms with Crippen LogP contribution in [0.4, 0.5) is 0 Å². The molecule has 0 bridgehead atoms. The summed E-state index contributed by atoms with van der Waals surface area (Å²) >= 11 is 16.0. The molecule has 9 heteroatoms. The number of hydrogen-bond acceptors (Lipinski definition) is 6. The topological polar surface area (TPSA) is 66.3 Å². The molecule has 0 spiro atoms. The number of methoxy groups -OCH3 is 3. The molecule has 0 unspecified atom stereocenters. The highest BCUT2D eigenvalue weighted by molar-refractivity contribution is 6.75. The third-order valence-corrected chi connectivity index (χ3v) is 2.76. The molecule has 0 aliphatic carbocycles. The van der Waals surface area contributed by atoms with Gasteiger partial charge in [-0.25, -0.2) is 4.79 Å². The number of nitrogens with zero attached hydrogens (tertiary/aromatic N) is 1. The van der Waals surface area contributed by atoms with Gasteiger partial charge in [0.05, 0.1) is 33.1 Å². The molecule has 0 N–H and O–H groups in total. The van der Waals surface area contributed by atoms with Crippen LogP contribution in [-0.4, -0.2) is 37.3 Å². The van der Waals surface area contributed by atoms with Crippen molar-refractivity contribution < 1.29 is 23.8 Å². The first-order chi connectivity index (χ1) is 9.83. The summed E-state index contributed by atoms with van der Waals surface area (Å²) in [5, 5.41) is 3.45. The van der Waals surface area contributed by atoms with Crippen LogP contribution in [0.25, 0.3) is 0 Å². The van der Waals surface area contributed by atoms with Crippen LogP contribution in [0.3, 0.4) is 0 Å². The van der Waals surface area contributed by atoms with Crippen molar-refractivity contribution in [2.24, 2.45) is 5.16 Å². The fraction of sp³-hybridized carbons (Fsp3) is 0.333. The number of halogens is 3. The van der Waals surface area contributed by atoms with Crippen LogP contribution in [0.2, 0.25) is 0 Å². The zero-order valence-corrected chi connectivity index (χ0v) is 13.6. The predicted octanol–water partition coefficient (Wildman–Crippen LogP) is 2.96. The smallest absolute Gasteiger partial charge is 0.386 e. The Kier molecular flexibility index (Phi) is 6.39. The molecule has 0 saturated heterocycles. The average molecular weight is 357 g/mol. The van der Waals surface area contributed by atoms with Gasteiger partial charge in [-0.2, -0.15) is 0 Å². The fourth-order valence-electron chi connectivity index (χ4n) is 1.34. The van der Waals surface area contributed by atoms with Crippen molar-refractivity contribution in [2.75, 3.05) is 21.3 Å². The first kappa shape index (κ1) is 17.7. The zero-order valence-electron chi connectivity index (χ0n) is 11.4. The van der Waals surface area contributed by atoms with Crippen molar-refractivity contribution in [2.45, 2.75) is 3.79 Å². The summed E-state index contributed by atoms with van der Waals surface area (Å²) in [6.45, 7) is 0. The highest BCUT2D eigenvalue weighted by Gasteiger charge is 2.33. The maximum absolute atomic E-state index is 11.2. The van der Waals surface area contributed by atoms with Crippen molar-refractivity contribution in [1.29, 1.82) is 0 Å². The first-order valence-corrected chi connectivity index (χ1v) is 6.58. The summed E-state index contributed by atoms with van der Waals surface area (Å²) in [6, 6.07) is 3.22. The van der Waals surface area contributed by atoms with Crippen LogP contribution in [-0.2, 0) is 9.63 Å². The van der Waals surface area contributed by atoms with E-state index in [2.05, 4.69) is 9.99 Å². The molecule has 0 aliphatic heterocycles. The Bertz CT molecular complexity index is 517.